The van der Waals surface area contributed by atoms with Gasteiger partial charge in [-0.2, -0.15) is 5.10 Å². The van der Waals surface area contributed by atoms with Crippen LogP contribution in [-0.4, -0.2) is 43.9 Å². The third-order valence-corrected chi connectivity index (χ3v) is 6.40. The number of nitrogens with one attached hydrogen (secondary N) is 1. The minimum absolute atomic E-state index is 0.0130. The molecule has 0 unspecified atom stereocenters. The van der Waals surface area contributed by atoms with Crippen LogP contribution in [0.15, 0.2) is 35.4 Å². The number of benzene rings is 1. The normalized spacial score (nSPS) is 20.7. The van der Waals surface area contributed by atoms with E-state index in [0.717, 1.165) is 5.69 Å². The van der Waals surface area contributed by atoms with Crippen molar-refractivity contribution >= 4 is 17.3 Å². The lowest BCUT2D eigenvalue weighted by atomic mass is 9.70. The summed E-state index contributed by atoms with van der Waals surface area (Å²) in [5, 5.41) is 28.6. The van der Waals surface area contributed by atoms with E-state index in [1.165, 1.54) is 19.9 Å². The predicted octanol–water partition coefficient (Wildman–Crippen LogP) is 2.36. The summed E-state index contributed by atoms with van der Waals surface area (Å²) >= 11 is 0. The Balaban J connectivity index is 1.77. The van der Waals surface area contributed by atoms with Gasteiger partial charge < -0.3 is 20.3 Å². The number of rotatable bonds is 5. The topological polar surface area (TPSA) is 131 Å². The van der Waals surface area contributed by atoms with Crippen LogP contribution in [-0.2, 0) is 21.5 Å². The molecule has 2 aromatic rings. The second kappa shape index (κ2) is 7.61. The number of ketones is 3. The van der Waals surface area contributed by atoms with Crippen molar-refractivity contribution in [3.8, 4) is 17.2 Å². The van der Waals surface area contributed by atoms with E-state index >= 15 is 0 Å². The number of allylic oxidation sites excluding steroid dienone is 4. The maximum atomic E-state index is 13.7. The van der Waals surface area contributed by atoms with Gasteiger partial charge >= 0.3 is 0 Å². The second-order valence-corrected chi connectivity index (χ2v) is 8.51. The van der Waals surface area contributed by atoms with Crippen molar-refractivity contribution in [2.75, 3.05) is 6.54 Å². The Morgan fingerprint density at radius 3 is 2.52 bits per heavy atom. The summed E-state index contributed by atoms with van der Waals surface area (Å²) < 4.78 is 7.56. The third-order valence-electron chi connectivity index (χ3n) is 6.40. The molecule has 1 aliphatic heterocycles. The summed E-state index contributed by atoms with van der Waals surface area (Å²) in [5.74, 6) is -2.43. The minimum atomic E-state index is -1.52. The lowest BCUT2D eigenvalue weighted by Gasteiger charge is -2.29. The fourth-order valence-corrected chi connectivity index (χ4v) is 4.43. The molecular formula is C24H25N3O6. The molecule has 1 atom stereocenters. The second-order valence-electron chi connectivity index (χ2n) is 8.51. The number of aromatic nitrogens is 2. The van der Waals surface area contributed by atoms with Crippen LogP contribution in [0.5, 0.6) is 17.2 Å². The van der Waals surface area contributed by atoms with E-state index in [0.29, 0.717) is 18.8 Å². The number of nitrogens with zero attached hydrogens (tertiary/aromatic N) is 2. The van der Waals surface area contributed by atoms with Gasteiger partial charge in [0, 0.05) is 35.8 Å². The van der Waals surface area contributed by atoms with E-state index in [1.54, 1.807) is 24.7 Å². The largest absolute Gasteiger partial charge is 0.507 e. The molecule has 4 rings (SSSR count). The number of carbonyl (C=O) groups is 3. The Morgan fingerprint density at radius 2 is 1.91 bits per heavy atom. The highest BCUT2D eigenvalue weighted by molar-refractivity contribution is 6.31. The molecule has 0 fully saturated rings. The SMILES string of the molecule is CC(=O)c1c(O)c(C)c(O)c2c1OC1=CC(=O)/C(=C(/C)NCCn3nccc3C)C(=O)[C@]12C. The summed E-state index contributed by atoms with van der Waals surface area (Å²) in [7, 11) is 0. The van der Waals surface area contributed by atoms with E-state index in [9.17, 15) is 24.6 Å². The zero-order valence-electron chi connectivity index (χ0n) is 19.1. The fraction of sp³-hybridized carbons (Fsp3) is 0.333. The Labute approximate surface area is 190 Å². The summed E-state index contributed by atoms with van der Waals surface area (Å²) in [6.07, 6.45) is 2.90. The lowest BCUT2D eigenvalue weighted by Crippen LogP contribution is -2.41. The molecule has 2 heterocycles. The van der Waals surface area contributed by atoms with Crippen molar-refractivity contribution in [1.29, 1.82) is 0 Å². The van der Waals surface area contributed by atoms with Gasteiger partial charge in [0.1, 0.15) is 34.0 Å². The van der Waals surface area contributed by atoms with Crippen LogP contribution in [0.1, 0.15) is 48.0 Å². The number of ether oxygens (including phenoxy) is 1. The standard InChI is InChI=1S/C24H25N3O6/c1-11-6-7-26-27(11)9-8-25-13(3)17-15(29)10-16-24(5,23(17)32)19-21(31)12(2)20(30)18(14(4)28)22(19)33-16/h6-7,10,25,30-31H,8-9H2,1-5H3/b17-13+/t24-/m1/s1. The first-order valence-electron chi connectivity index (χ1n) is 10.5. The summed E-state index contributed by atoms with van der Waals surface area (Å²) in [6.45, 7) is 8.79. The van der Waals surface area contributed by atoms with E-state index < -0.39 is 28.5 Å². The first kappa shape index (κ1) is 22.3. The molecule has 2 aliphatic rings. The first-order valence-corrected chi connectivity index (χ1v) is 10.5. The fourth-order valence-electron chi connectivity index (χ4n) is 4.43. The number of aromatic hydroxyl groups is 2. The highest BCUT2D eigenvalue weighted by atomic mass is 16.5. The zero-order chi connectivity index (χ0) is 24.2. The summed E-state index contributed by atoms with van der Waals surface area (Å²) in [4.78, 5) is 38.8. The average molecular weight is 451 g/mol. The van der Waals surface area contributed by atoms with Crippen molar-refractivity contribution in [2.24, 2.45) is 0 Å². The Bertz CT molecular complexity index is 1300. The van der Waals surface area contributed by atoms with E-state index in [4.69, 9.17) is 4.74 Å². The van der Waals surface area contributed by atoms with Crippen molar-refractivity contribution < 1.29 is 29.3 Å². The Hall–Kier alpha value is -3.88. The van der Waals surface area contributed by atoms with Crippen LogP contribution in [0, 0.1) is 13.8 Å². The van der Waals surface area contributed by atoms with Crippen molar-refractivity contribution in [1.82, 2.24) is 15.1 Å². The van der Waals surface area contributed by atoms with E-state index in [1.807, 2.05) is 13.0 Å². The van der Waals surface area contributed by atoms with Gasteiger partial charge in [0.2, 0.25) is 0 Å². The summed E-state index contributed by atoms with van der Waals surface area (Å²) in [5.41, 5.74) is -0.193. The molecule has 0 saturated carbocycles. The van der Waals surface area contributed by atoms with Crippen molar-refractivity contribution in [3.05, 3.63) is 57.8 Å². The average Bonchev–Trinajstić information content (AvgIpc) is 3.27. The predicted molar refractivity (Wildman–Crippen MR) is 118 cm³/mol. The molecule has 1 aliphatic carbocycles. The maximum Gasteiger partial charge on any atom is 0.194 e. The molecule has 172 valence electrons. The van der Waals surface area contributed by atoms with Crippen LogP contribution in [0.3, 0.4) is 0 Å². The highest BCUT2D eigenvalue weighted by Gasteiger charge is 2.56. The Kier molecular flexibility index (Phi) is 5.15. The molecular weight excluding hydrogens is 426 g/mol. The molecule has 0 spiro atoms. The van der Waals surface area contributed by atoms with Crippen LogP contribution in [0.4, 0.5) is 0 Å². The Morgan fingerprint density at radius 1 is 1.21 bits per heavy atom. The number of phenolic OH excluding ortho intramolecular Hbond substituents is 2. The van der Waals surface area contributed by atoms with Crippen molar-refractivity contribution in [3.63, 3.8) is 0 Å². The number of carbonyl (C=O) groups excluding carboxylic acids is 3. The van der Waals surface area contributed by atoms with Gasteiger partial charge in [0.05, 0.1) is 17.7 Å². The lowest BCUT2D eigenvalue weighted by molar-refractivity contribution is -0.123. The summed E-state index contributed by atoms with van der Waals surface area (Å²) in [6, 6.07) is 1.88. The van der Waals surface area contributed by atoms with Crippen LogP contribution < -0.4 is 10.1 Å². The highest BCUT2D eigenvalue weighted by Crippen LogP contribution is 2.57. The quantitative estimate of drug-likeness (QED) is 0.359. The van der Waals surface area contributed by atoms with Gasteiger partial charge in [0.25, 0.3) is 0 Å². The zero-order valence-corrected chi connectivity index (χ0v) is 19.1. The number of phenols is 2. The monoisotopic (exact) mass is 451 g/mol. The van der Waals surface area contributed by atoms with Crippen LogP contribution >= 0.6 is 0 Å². The van der Waals surface area contributed by atoms with Gasteiger partial charge in [-0.05, 0) is 40.7 Å². The maximum absolute atomic E-state index is 13.7. The number of aryl methyl sites for hydroxylation is 1. The van der Waals surface area contributed by atoms with Crippen LogP contribution in [0.25, 0.3) is 0 Å². The van der Waals surface area contributed by atoms with Crippen LogP contribution in [0.2, 0.25) is 0 Å². The van der Waals surface area contributed by atoms with Gasteiger partial charge in [-0.1, -0.05) is 0 Å². The first-order chi connectivity index (χ1) is 15.5. The molecule has 0 radical (unpaired) electrons. The van der Waals surface area contributed by atoms with E-state index in [-0.39, 0.29) is 39.5 Å². The third kappa shape index (κ3) is 3.14. The number of fused-ring (bicyclic) bond motifs is 3. The van der Waals surface area contributed by atoms with Gasteiger partial charge in [0.15, 0.2) is 17.3 Å². The number of hydrogen-bond donors (Lipinski definition) is 3. The van der Waals surface area contributed by atoms with E-state index in [2.05, 4.69) is 10.4 Å². The molecule has 9 nitrogen and oxygen atoms in total. The molecule has 1 aromatic carbocycles. The molecule has 0 saturated heterocycles. The number of hydrogen-bond acceptors (Lipinski definition) is 8. The molecule has 9 heteroatoms. The number of Topliss-reactive ketones (excluding diaryl/α,β-unsaturated/α-hetero) is 2. The molecule has 0 amide bonds. The molecule has 33 heavy (non-hydrogen) atoms. The smallest absolute Gasteiger partial charge is 0.194 e. The molecule has 0 bridgehead atoms. The van der Waals surface area contributed by atoms with Gasteiger partial charge in [-0.15, -0.1) is 0 Å². The van der Waals surface area contributed by atoms with Gasteiger partial charge in [-0.25, -0.2) is 0 Å². The minimum Gasteiger partial charge on any atom is -0.507 e. The molecule has 3 N–H and O–H groups in total. The van der Waals surface area contributed by atoms with Gasteiger partial charge in [-0.3, -0.25) is 19.1 Å². The van der Waals surface area contributed by atoms with Crippen molar-refractivity contribution in [2.45, 2.75) is 46.6 Å². The molecule has 1 aromatic heterocycles.